The Balaban J connectivity index is 2.95. The van der Waals surface area contributed by atoms with E-state index >= 15 is 0 Å². The Morgan fingerprint density at radius 2 is 2.29 bits per heavy atom. The van der Waals surface area contributed by atoms with Crippen molar-refractivity contribution >= 4 is 17.4 Å². The van der Waals surface area contributed by atoms with Gasteiger partial charge in [0.1, 0.15) is 5.82 Å². The summed E-state index contributed by atoms with van der Waals surface area (Å²) in [4.78, 5) is 6.51. The van der Waals surface area contributed by atoms with Gasteiger partial charge in [0.15, 0.2) is 0 Å². The molecule has 1 heterocycles. The topological polar surface area (TPSA) is 51.4 Å². The predicted octanol–water partition coefficient (Wildman–Crippen LogP) is 2.05. The van der Waals surface area contributed by atoms with Crippen molar-refractivity contribution in [3.8, 4) is 0 Å². The van der Waals surface area contributed by atoms with Crippen molar-refractivity contribution in [3.63, 3.8) is 0 Å². The summed E-state index contributed by atoms with van der Waals surface area (Å²) >= 11 is 6.00. The minimum absolute atomic E-state index is 0.268. The zero-order valence-corrected chi connectivity index (χ0v) is 11.4. The van der Waals surface area contributed by atoms with Crippen molar-refractivity contribution < 1.29 is 4.74 Å². The lowest BCUT2D eigenvalue weighted by molar-refractivity contribution is 0.181. The molecule has 1 unspecified atom stereocenters. The van der Waals surface area contributed by atoms with Gasteiger partial charge < -0.3 is 15.4 Å². The molecule has 0 spiro atoms. The number of halogens is 1. The smallest absolute Gasteiger partial charge is 0.129 e. The molecule has 0 aliphatic carbocycles. The summed E-state index contributed by atoms with van der Waals surface area (Å²) in [5.41, 5.74) is 6.56. The van der Waals surface area contributed by atoms with Crippen molar-refractivity contribution in [1.29, 1.82) is 0 Å². The van der Waals surface area contributed by atoms with E-state index < -0.39 is 0 Å². The second kappa shape index (κ2) is 6.79. The van der Waals surface area contributed by atoms with E-state index in [2.05, 4.69) is 23.7 Å². The van der Waals surface area contributed by atoms with Crippen LogP contribution in [0.15, 0.2) is 12.3 Å². The molecule has 1 aromatic heterocycles. The van der Waals surface area contributed by atoms with Crippen LogP contribution in [-0.2, 0) is 11.3 Å². The van der Waals surface area contributed by atoms with Gasteiger partial charge in [0.05, 0.1) is 17.7 Å². The Bertz CT molecular complexity index is 360. The maximum atomic E-state index is 6.00. The van der Waals surface area contributed by atoms with Crippen LogP contribution in [0.3, 0.4) is 0 Å². The van der Waals surface area contributed by atoms with Crippen molar-refractivity contribution in [2.75, 3.05) is 25.2 Å². The molecule has 0 saturated heterocycles. The number of anilines is 1. The van der Waals surface area contributed by atoms with Crippen LogP contribution in [0.2, 0.25) is 5.02 Å². The average Bonchev–Trinajstić information content (AvgIpc) is 2.32. The standard InChI is InChI=1S/C12H20ClN3O/c1-4-16(9(2)8-17-3)12-5-10(6-14)11(13)7-15-12/h5,7,9H,4,6,8,14H2,1-3H3. The summed E-state index contributed by atoms with van der Waals surface area (Å²) in [6, 6.07) is 2.21. The summed E-state index contributed by atoms with van der Waals surface area (Å²) in [7, 11) is 1.70. The first-order valence-corrected chi connectivity index (χ1v) is 6.11. The number of hydrogen-bond donors (Lipinski definition) is 1. The third-order valence-corrected chi connectivity index (χ3v) is 3.06. The Hall–Kier alpha value is -0.840. The number of pyridine rings is 1. The summed E-state index contributed by atoms with van der Waals surface area (Å²) in [6.07, 6.45) is 1.65. The molecule has 0 aromatic carbocycles. The summed E-state index contributed by atoms with van der Waals surface area (Å²) in [5.74, 6) is 0.891. The monoisotopic (exact) mass is 257 g/mol. The molecule has 0 fully saturated rings. The van der Waals surface area contributed by atoms with Crippen LogP contribution >= 0.6 is 11.6 Å². The lowest BCUT2D eigenvalue weighted by Crippen LogP contribution is -2.36. The van der Waals surface area contributed by atoms with Gasteiger partial charge in [0.2, 0.25) is 0 Å². The highest BCUT2D eigenvalue weighted by Gasteiger charge is 2.14. The van der Waals surface area contributed by atoms with E-state index in [1.54, 1.807) is 13.3 Å². The van der Waals surface area contributed by atoms with Gasteiger partial charge in [-0.3, -0.25) is 0 Å². The number of aromatic nitrogens is 1. The van der Waals surface area contributed by atoms with Gasteiger partial charge in [-0.1, -0.05) is 11.6 Å². The molecule has 0 amide bonds. The molecule has 0 bridgehead atoms. The van der Waals surface area contributed by atoms with Gasteiger partial charge in [0.25, 0.3) is 0 Å². The van der Waals surface area contributed by atoms with Crippen molar-refractivity contribution in [2.24, 2.45) is 5.73 Å². The molecule has 2 N–H and O–H groups in total. The molecule has 1 aromatic rings. The minimum Gasteiger partial charge on any atom is -0.383 e. The molecule has 4 nitrogen and oxygen atoms in total. The first-order chi connectivity index (χ1) is 8.13. The SMILES string of the molecule is CCN(c1cc(CN)c(Cl)cn1)C(C)COC. The second-order valence-corrected chi connectivity index (χ2v) is 4.34. The normalized spacial score (nSPS) is 12.5. The van der Waals surface area contributed by atoms with E-state index in [9.17, 15) is 0 Å². The zero-order chi connectivity index (χ0) is 12.8. The molecule has 0 aliphatic rings. The number of nitrogens with zero attached hydrogens (tertiary/aromatic N) is 2. The van der Waals surface area contributed by atoms with Crippen molar-refractivity contribution in [3.05, 3.63) is 22.8 Å². The minimum atomic E-state index is 0.268. The Kier molecular flexibility index (Phi) is 5.68. The molecular formula is C12H20ClN3O. The maximum absolute atomic E-state index is 6.00. The predicted molar refractivity (Wildman–Crippen MR) is 71.5 cm³/mol. The Morgan fingerprint density at radius 3 is 2.82 bits per heavy atom. The van der Waals surface area contributed by atoms with Crippen LogP contribution in [0.4, 0.5) is 5.82 Å². The number of nitrogens with two attached hydrogens (primary N) is 1. The van der Waals surface area contributed by atoms with E-state index in [-0.39, 0.29) is 6.04 Å². The number of likely N-dealkylation sites (N-methyl/N-ethyl adjacent to an activating group) is 1. The van der Waals surface area contributed by atoms with Crippen LogP contribution in [0.5, 0.6) is 0 Å². The van der Waals surface area contributed by atoms with Crippen LogP contribution < -0.4 is 10.6 Å². The molecule has 1 rings (SSSR count). The van der Waals surface area contributed by atoms with E-state index in [1.807, 2.05) is 6.07 Å². The molecule has 0 aliphatic heterocycles. The van der Waals surface area contributed by atoms with E-state index in [4.69, 9.17) is 22.1 Å². The Morgan fingerprint density at radius 1 is 1.59 bits per heavy atom. The van der Waals surface area contributed by atoms with Gasteiger partial charge in [-0.15, -0.1) is 0 Å². The molecule has 1 atom stereocenters. The van der Waals surface area contributed by atoms with Crippen molar-refractivity contribution in [2.45, 2.75) is 26.4 Å². The molecule has 0 saturated carbocycles. The summed E-state index contributed by atoms with van der Waals surface area (Å²) in [5, 5.41) is 0.617. The van der Waals surface area contributed by atoms with E-state index in [0.717, 1.165) is 17.9 Å². The number of hydrogen-bond acceptors (Lipinski definition) is 4. The van der Waals surface area contributed by atoms with Crippen molar-refractivity contribution in [1.82, 2.24) is 4.98 Å². The number of rotatable bonds is 6. The van der Waals surface area contributed by atoms with E-state index in [0.29, 0.717) is 18.2 Å². The molecule has 5 heteroatoms. The van der Waals surface area contributed by atoms with Gasteiger partial charge >= 0.3 is 0 Å². The first-order valence-electron chi connectivity index (χ1n) is 5.74. The maximum Gasteiger partial charge on any atom is 0.129 e. The Labute approximate surface area is 108 Å². The molecule has 17 heavy (non-hydrogen) atoms. The van der Waals surface area contributed by atoms with Crippen LogP contribution in [-0.4, -0.2) is 31.3 Å². The summed E-state index contributed by atoms with van der Waals surface area (Å²) in [6.45, 7) is 6.14. The molecule has 0 radical (unpaired) electrons. The first kappa shape index (κ1) is 14.2. The molecular weight excluding hydrogens is 238 g/mol. The fourth-order valence-electron chi connectivity index (χ4n) is 1.81. The highest BCUT2D eigenvalue weighted by molar-refractivity contribution is 6.31. The number of ether oxygens (including phenoxy) is 1. The second-order valence-electron chi connectivity index (χ2n) is 3.93. The summed E-state index contributed by atoms with van der Waals surface area (Å²) < 4.78 is 5.17. The fourth-order valence-corrected chi connectivity index (χ4v) is 1.99. The largest absolute Gasteiger partial charge is 0.383 e. The lowest BCUT2D eigenvalue weighted by Gasteiger charge is -2.29. The average molecular weight is 258 g/mol. The third kappa shape index (κ3) is 3.56. The van der Waals surface area contributed by atoms with E-state index in [1.165, 1.54) is 0 Å². The zero-order valence-electron chi connectivity index (χ0n) is 10.6. The van der Waals surface area contributed by atoms with Crippen LogP contribution in [0.1, 0.15) is 19.4 Å². The highest BCUT2D eigenvalue weighted by atomic mass is 35.5. The number of methoxy groups -OCH3 is 1. The van der Waals surface area contributed by atoms with Gasteiger partial charge in [-0.2, -0.15) is 0 Å². The fraction of sp³-hybridized carbons (Fsp3) is 0.583. The lowest BCUT2D eigenvalue weighted by atomic mass is 10.2. The molecule has 96 valence electrons. The van der Waals surface area contributed by atoms with Gasteiger partial charge in [0, 0.05) is 26.4 Å². The third-order valence-electron chi connectivity index (χ3n) is 2.72. The highest BCUT2D eigenvalue weighted by Crippen LogP contribution is 2.21. The van der Waals surface area contributed by atoms with Gasteiger partial charge in [-0.25, -0.2) is 4.98 Å². The van der Waals surface area contributed by atoms with Crippen LogP contribution in [0.25, 0.3) is 0 Å². The quantitative estimate of drug-likeness (QED) is 0.848. The van der Waals surface area contributed by atoms with Crippen LogP contribution in [0, 0.1) is 0 Å². The van der Waals surface area contributed by atoms with Gasteiger partial charge in [-0.05, 0) is 25.5 Å².